The van der Waals surface area contributed by atoms with Crippen molar-refractivity contribution >= 4 is 28.8 Å². The third kappa shape index (κ3) is 3.75. The summed E-state index contributed by atoms with van der Waals surface area (Å²) in [6.07, 6.45) is 4.95. The van der Waals surface area contributed by atoms with Crippen LogP contribution >= 0.6 is 11.6 Å². The molecular formula is C20H22ClN5O2. The van der Waals surface area contributed by atoms with Gasteiger partial charge < -0.3 is 10.2 Å². The molecule has 1 saturated heterocycles. The molecule has 1 amide bonds. The van der Waals surface area contributed by atoms with Crippen molar-refractivity contribution in [1.82, 2.24) is 19.1 Å². The van der Waals surface area contributed by atoms with E-state index in [4.69, 9.17) is 11.6 Å². The minimum atomic E-state index is -0.187. The molecule has 0 aliphatic carbocycles. The van der Waals surface area contributed by atoms with Gasteiger partial charge in [-0.25, -0.2) is 9.48 Å². The van der Waals surface area contributed by atoms with Crippen LogP contribution in [0.4, 0.5) is 5.69 Å². The number of hydrogen-bond donors (Lipinski definition) is 1. The summed E-state index contributed by atoms with van der Waals surface area (Å²) < 4.78 is 2.92. The average Bonchev–Trinajstić information content (AvgIpc) is 3.04. The number of aromatic nitrogens is 3. The van der Waals surface area contributed by atoms with Crippen LogP contribution < -0.4 is 11.0 Å². The molecule has 0 saturated carbocycles. The van der Waals surface area contributed by atoms with Gasteiger partial charge in [0.15, 0.2) is 5.65 Å². The van der Waals surface area contributed by atoms with E-state index in [-0.39, 0.29) is 11.6 Å². The fourth-order valence-corrected chi connectivity index (χ4v) is 3.70. The third-order valence-electron chi connectivity index (χ3n) is 4.98. The second kappa shape index (κ2) is 8.06. The Morgan fingerprint density at radius 3 is 2.75 bits per heavy atom. The molecule has 3 heterocycles. The summed E-state index contributed by atoms with van der Waals surface area (Å²) in [5.74, 6) is 0.0174. The molecule has 1 N–H and O–H groups in total. The van der Waals surface area contributed by atoms with Crippen LogP contribution in [0, 0.1) is 0 Å². The molecule has 1 aromatic carbocycles. The molecule has 0 unspecified atom stereocenters. The number of nitrogens with zero attached hydrogens (tertiary/aromatic N) is 4. The molecule has 0 atom stereocenters. The fourth-order valence-electron chi connectivity index (χ4n) is 3.53. The smallest absolute Gasteiger partial charge is 0.350 e. The molecule has 1 aliphatic rings. The van der Waals surface area contributed by atoms with Crippen molar-refractivity contribution in [2.24, 2.45) is 0 Å². The lowest BCUT2D eigenvalue weighted by Crippen LogP contribution is -2.36. The first-order valence-corrected chi connectivity index (χ1v) is 9.88. The first-order chi connectivity index (χ1) is 13.6. The summed E-state index contributed by atoms with van der Waals surface area (Å²) in [6.45, 7) is 2.41. The number of amides is 1. The fraction of sp³-hybridized carbons (Fsp3) is 0.350. The lowest BCUT2D eigenvalue weighted by Gasteiger charge is -2.27. The highest BCUT2D eigenvalue weighted by molar-refractivity contribution is 6.31. The van der Waals surface area contributed by atoms with Gasteiger partial charge >= 0.3 is 5.69 Å². The lowest BCUT2D eigenvalue weighted by atomic mass is 10.1. The largest absolute Gasteiger partial charge is 0.382 e. The summed E-state index contributed by atoms with van der Waals surface area (Å²) in [6, 6.07) is 10.7. The Kier molecular flexibility index (Phi) is 5.34. The number of rotatable bonds is 5. The number of anilines is 1. The van der Waals surface area contributed by atoms with Gasteiger partial charge in [-0.05, 0) is 49.6 Å². The number of nitrogens with one attached hydrogen (secondary N) is 1. The summed E-state index contributed by atoms with van der Waals surface area (Å²) >= 11 is 6.15. The highest BCUT2D eigenvalue weighted by Gasteiger charge is 2.21. The van der Waals surface area contributed by atoms with E-state index in [0.717, 1.165) is 25.9 Å². The summed E-state index contributed by atoms with van der Waals surface area (Å²) in [5.41, 5.74) is 1.71. The van der Waals surface area contributed by atoms with Gasteiger partial charge in [0.25, 0.3) is 5.91 Å². The minimum absolute atomic E-state index is 0.0174. The first kappa shape index (κ1) is 18.6. The maximum atomic E-state index is 12.9. The molecule has 28 heavy (non-hydrogen) atoms. The van der Waals surface area contributed by atoms with Gasteiger partial charge in [0.05, 0.1) is 12.1 Å². The van der Waals surface area contributed by atoms with Gasteiger partial charge in [-0.1, -0.05) is 17.7 Å². The van der Waals surface area contributed by atoms with Crippen molar-refractivity contribution in [3.05, 3.63) is 63.7 Å². The Balaban J connectivity index is 1.49. The number of pyridine rings is 1. The van der Waals surface area contributed by atoms with Crippen molar-refractivity contribution in [2.45, 2.75) is 25.8 Å². The number of benzene rings is 1. The number of hydrogen-bond acceptors (Lipinski definition) is 4. The Morgan fingerprint density at radius 1 is 1.14 bits per heavy atom. The van der Waals surface area contributed by atoms with Crippen LogP contribution in [0.15, 0.2) is 47.4 Å². The molecule has 3 aromatic rings. The van der Waals surface area contributed by atoms with Crippen LogP contribution in [-0.4, -0.2) is 44.6 Å². The van der Waals surface area contributed by atoms with Crippen LogP contribution in [-0.2, 0) is 6.54 Å². The van der Waals surface area contributed by atoms with E-state index < -0.39 is 0 Å². The van der Waals surface area contributed by atoms with Gasteiger partial charge in [-0.15, -0.1) is 5.10 Å². The topological polar surface area (TPSA) is 71.6 Å². The Labute approximate surface area is 167 Å². The van der Waals surface area contributed by atoms with Gasteiger partial charge in [0.1, 0.15) is 0 Å². The molecule has 2 aromatic heterocycles. The monoisotopic (exact) mass is 399 g/mol. The molecule has 7 nitrogen and oxygen atoms in total. The zero-order valence-electron chi connectivity index (χ0n) is 15.5. The maximum Gasteiger partial charge on any atom is 0.350 e. The summed E-state index contributed by atoms with van der Waals surface area (Å²) in [5, 5.41) is 8.13. The van der Waals surface area contributed by atoms with Crippen LogP contribution in [0.3, 0.4) is 0 Å². The van der Waals surface area contributed by atoms with E-state index >= 15 is 0 Å². The molecule has 8 heteroatoms. The van der Waals surface area contributed by atoms with E-state index in [1.807, 2.05) is 11.0 Å². The second-order valence-corrected chi connectivity index (χ2v) is 7.34. The number of carbonyl (C=O) groups is 1. The van der Waals surface area contributed by atoms with Crippen molar-refractivity contribution < 1.29 is 4.79 Å². The second-order valence-electron chi connectivity index (χ2n) is 6.90. The molecular weight excluding hydrogens is 378 g/mol. The van der Waals surface area contributed by atoms with Gasteiger partial charge in [-0.2, -0.15) is 0 Å². The standard InChI is InChI=1S/C20H22ClN5O2/c21-15-7-8-16(19(27)24-10-3-1-4-11-24)17(14-15)22-9-13-26-20(28)25-12-5-2-6-18(25)23-26/h2,5-8,12,14,22H,1,3-4,9-11,13H2. The van der Waals surface area contributed by atoms with Crippen LogP contribution in [0.5, 0.6) is 0 Å². The molecule has 1 aliphatic heterocycles. The van der Waals surface area contributed by atoms with Gasteiger partial charge in [0, 0.05) is 36.5 Å². The van der Waals surface area contributed by atoms with Crippen LogP contribution in [0.1, 0.15) is 29.6 Å². The molecule has 1 fully saturated rings. The zero-order chi connectivity index (χ0) is 19.5. The Hall–Kier alpha value is -2.80. The Morgan fingerprint density at radius 2 is 1.96 bits per heavy atom. The number of piperidine rings is 1. The predicted octanol–water partition coefficient (Wildman–Crippen LogP) is 2.89. The van der Waals surface area contributed by atoms with E-state index in [1.54, 1.807) is 36.5 Å². The minimum Gasteiger partial charge on any atom is -0.382 e. The zero-order valence-corrected chi connectivity index (χ0v) is 16.2. The molecule has 146 valence electrons. The number of fused-ring (bicyclic) bond motifs is 1. The lowest BCUT2D eigenvalue weighted by molar-refractivity contribution is 0.0725. The van der Waals surface area contributed by atoms with E-state index in [9.17, 15) is 9.59 Å². The van der Waals surface area contributed by atoms with E-state index in [0.29, 0.717) is 35.0 Å². The number of halogens is 1. The quantitative estimate of drug-likeness (QED) is 0.716. The van der Waals surface area contributed by atoms with Crippen molar-refractivity contribution in [3.63, 3.8) is 0 Å². The molecule has 4 rings (SSSR count). The highest BCUT2D eigenvalue weighted by Crippen LogP contribution is 2.24. The van der Waals surface area contributed by atoms with Gasteiger partial charge in [0.2, 0.25) is 0 Å². The third-order valence-corrected chi connectivity index (χ3v) is 5.22. The Bertz CT molecular complexity index is 1050. The predicted molar refractivity (Wildman–Crippen MR) is 109 cm³/mol. The first-order valence-electron chi connectivity index (χ1n) is 9.50. The summed E-state index contributed by atoms with van der Waals surface area (Å²) in [4.78, 5) is 27.2. The maximum absolute atomic E-state index is 12.9. The molecule has 0 bridgehead atoms. The van der Waals surface area contributed by atoms with Crippen LogP contribution in [0.25, 0.3) is 5.65 Å². The van der Waals surface area contributed by atoms with Crippen LogP contribution in [0.2, 0.25) is 5.02 Å². The highest BCUT2D eigenvalue weighted by atomic mass is 35.5. The average molecular weight is 400 g/mol. The van der Waals surface area contributed by atoms with Gasteiger partial charge in [-0.3, -0.25) is 9.20 Å². The van der Waals surface area contributed by atoms with Crippen molar-refractivity contribution in [1.29, 1.82) is 0 Å². The number of carbonyl (C=O) groups excluding carboxylic acids is 1. The normalized spacial score (nSPS) is 14.4. The molecule has 0 spiro atoms. The van der Waals surface area contributed by atoms with Crippen molar-refractivity contribution in [2.75, 3.05) is 25.0 Å². The van der Waals surface area contributed by atoms with E-state index in [1.165, 1.54) is 15.5 Å². The SMILES string of the molecule is O=C(c1ccc(Cl)cc1NCCn1nc2ccccn2c1=O)N1CCCCC1. The number of likely N-dealkylation sites (tertiary alicyclic amines) is 1. The summed E-state index contributed by atoms with van der Waals surface area (Å²) in [7, 11) is 0. The van der Waals surface area contributed by atoms with E-state index in [2.05, 4.69) is 10.4 Å². The molecule has 0 radical (unpaired) electrons. The van der Waals surface area contributed by atoms with Crippen molar-refractivity contribution in [3.8, 4) is 0 Å².